The topological polar surface area (TPSA) is 63.4 Å². The molecule has 0 bridgehead atoms. The van der Waals surface area contributed by atoms with Gasteiger partial charge in [-0.2, -0.15) is 0 Å². The molecule has 1 aromatic rings. The zero-order valence-electron chi connectivity index (χ0n) is 10.1. The van der Waals surface area contributed by atoms with Crippen molar-refractivity contribution in [3.8, 4) is 0 Å². The van der Waals surface area contributed by atoms with Crippen LogP contribution >= 0.6 is 0 Å². The molecule has 0 radical (unpaired) electrons. The summed E-state index contributed by atoms with van der Waals surface area (Å²) in [5.41, 5.74) is 8.38. The highest BCUT2D eigenvalue weighted by Gasteiger charge is 2.33. The van der Waals surface area contributed by atoms with Gasteiger partial charge in [0.1, 0.15) is 0 Å². The molecule has 4 nitrogen and oxygen atoms in total. The van der Waals surface area contributed by atoms with Crippen LogP contribution in [0.2, 0.25) is 0 Å². The molecule has 2 rings (SSSR count). The van der Waals surface area contributed by atoms with E-state index < -0.39 is 6.04 Å². The van der Waals surface area contributed by atoms with E-state index >= 15 is 0 Å². The number of anilines is 1. The Hall–Kier alpha value is -1.68. The van der Waals surface area contributed by atoms with Crippen LogP contribution in [0.3, 0.4) is 0 Å². The van der Waals surface area contributed by atoms with Crippen LogP contribution in [-0.2, 0) is 9.59 Å². The molecule has 1 fully saturated rings. The quantitative estimate of drug-likeness (QED) is 0.742. The van der Waals surface area contributed by atoms with E-state index in [1.807, 2.05) is 26.0 Å². The van der Waals surface area contributed by atoms with E-state index in [1.54, 1.807) is 6.07 Å². The maximum Gasteiger partial charge on any atom is 0.250 e. The zero-order valence-corrected chi connectivity index (χ0v) is 10.1. The number of carbonyl (C=O) groups is 2. The first-order valence-electron chi connectivity index (χ1n) is 5.71. The number of benzene rings is 1. The standard InChI is InChI=1S/C13H16N2O2/c1-8-4-3-5-11(9(8)2)15-12(16)7-6-10(14)13(15)17/h3-5,10H,6-7,14H2,1-2H3. The van der Waals surface area contributed by atoms with Gasteiger partial charge >= 0.3 is 0 Å². The molecule has 17 heavy (non-hydrogen) atoms. The van der Waals surface area contributed by atoms with E-state index in [4.69, 9.17) is 5.73 Å². The number of hydrogen-bond donors (Lipinski definition) is 1. The fraction of sp³-hybridized carbons (Fsp3) is 0.385. The lowest BCUT2D eigenvalue weighted by Crippen LogP contribution is -2.51. The van der Waals surface area contributed by atoms with Crippen molar-refractivity contribution in [3.05, 3.63) is 29.3 Å². The number of nitrogens with two attached hydrogens (primary N) is 1. The smallest absolute Gasteiger partial charge is 0.250 e. The van der Waals surface area contributed by atoms with Gasteiger partial charge in [-0.15, -0.1) is 0 Å². The van der Waals surface area contributed by atoms with Gasteiger partial charge in [0, 0.05) is 6.42 Å². The first-order chi connectivity index (χ1) is 8.02. The molecule has 0 aromatic heterocycles. The van der Waals surface area contributed by atoms with Crippen LogP contribution in [0, 0.1) is 13.8 Å². The van der Waals surface area contributed by atoms with Crippen LogP contribution in [0.5, 0.6) is 0 Å². The fourth-order valence-corrected chi connectivity index (χ4v) is 2.03. The lowest BCUT2D eigenvalue weighted by molar-refractivity contribution is -0.130. The largest absolute Gasteiger partial charge is 0.320 e. The Kier molecular flexibility index (Phi) is 2.98. The molecule has 2 amide bonds. The van der Waals surface area contributed by atoms with Crippen molar-refractivity contribution in [1.29, 1.82) is 0 Å². The molecule has 2 N–H and O–H groups in total. The van der Waals surface area contributed by atoms with E-state index in [0.717, 1.165) is 11.1 Å². The minimum Gasteiger partial charge on any atom is -0.320 e. The SMILES string of the molecule is Cc1cccc(N2C(=O)CCC(N)C2=O)c1C. The summed E-state index contributed by atoms with van der Waals surface area (Å²) < 4.78 is 0. The molecule has 1 aromatic carbocycles. The molecule has 0 aliphatic carbocycles. The second kappa shape index (κ2) is 4.30. The predicted molar refractivity (Wildman–Crippen MR) is 65.6 cm³/mol. The third kappa shape index (κ3) is 1.96. The minimum absolute atomic E-state index is 0.162. The van der Waals surface area contributed by atoms with Gasteiger partial charge in [0.25, 0.3) is 5.91 Å². The second-order valence-electron chi connectivity index (χ2n) is 4.43. The van der Waals surface area contributed by atoms with Crippen molar-refractivity contribution in [2.45, 2.75) is 32.7 Å². The summed E-state index contributed by atoms with van der Waals surface area (Å²) >= 11 is 0. The summed E-state index contributed by atoms with van der Waals surface area (Å²) in [5, 5.41) is 0. The molecule has 1 aliphatic rings. The van der Waals surface area contributed by atoms with Crippen LogP contribution in [0.1, 0.15) is 24.0 Å². The average Bonchev–Trinajstić information content (AvgIpc) is 2.30. The Morgan fingerprint density at radius 3 is 2.71 bits per heavy atom. The van der Waals surface area contributed by atoms with Gasteiger partial charge in [0.2, 0.25) is 5.91 Å². The van der Waals surface area contributed by atoms with Crippen LogP contribution in [-0.4, -0.2) is 17.9 Å². The van der Waals surface area contributed by atoms with E-state index in [0.29, 0.717) is 18.5 Å². The Bertz CT molecular complexity index is 482. The van der Waals surface area contributed by atoms with Gasteiger partial charge in [-0.3, -0.25) is 9.59 Å². The maximum atomic E-state index is 12.0. The van der Waals surface area contributed by atoms with Gasteiger partial charge in [0.15, 0.2) is 0 Å². The number of rotatable bonds is 1. The number of piperidine rings is 1. The van der Waals surface area contributed by atoms with Crippen molar-refractivity contribution < 1.29 is 9.59 Å². The second-order valence-corrected chi connectivity index (χ2v) is 4.43. The normalized spacial score (nSPS) is 20.9. The molecular formula is C13H16N2O2. The summed E-state index contributed by atoms with van der Waals surface area (Å²) in [7, 11) is 0. The van der Waals surface area contributed by atoms with Crippen LogP contribution < -0.4 is 10.6 Å². The third-order valence-corrected chi connectivity index (χ3v) is 3.27. The van der Waals surface area contributed by atoms with Crippen molar-refractivity contribution >= 4 is 17.5 Å². The predicted octanol–water partition coefficient (Wildman–Crippen LogP) is 1.28. The molecule has 0 saturated carbocycles. The third-order valence-electron chi connectivity index (χ3n) is 3.27. The average molecular weight is 232 g/mol. The molecule has 1 unspecified atom stereocenters. The van der Waals surface area contributed by atoms with Gasteiger partial charge < -0.3 is 5.73 Å². The van der Waals surface area contributed by atoms with E-state index in [2.05, 4.69) is 0 Å². The summed E-state index contributed by atoms with van der Waals surface area (Å²) in [4.78, 5) is 25.1. The Labute approximate surface area is 100 Å². The Morgan fingerprint density at radius 1 is 1.29 bits per heavy atom. The molecule has 90 valence electrons. The van der Waals surface area contributed by atoms with Crippen molar-refractivity contribution in [1.82, 2.24) is 0 Å². The van der Waals surface area contributed by atoms with Crippen LogP contribution in [0.4, 0.5) is 5.69 Å². The van der Waals surface area contributed by atoms with E-state index in [1.165, 1.54) is 4.90 Å². The number of amides is 2. The van der Waals surface area contributed by atoms with Crippen molar-refractivity contribution in [2.24, 2.45) is 5.73 Å². The van der Waals surface area contributed by atoms with Crippen LogP contribution in [0.15, 0.2) is 18.2 Å². The maximum absolute atomic E-state index is 12.0. The van der Waals surface area contributed by atoms with E-state index in [-0.39, 0.29) is 11.8 Å². The number of carbonyl (C=O) groups excluding carboxylic acids is 2. The highest BCUT2D eigenvalue weighted by molar-refractivity contribution is 6.18. The fourth-order valence-electron chi connectivity index (χ4n) is 2.03. The highest BCUT2D eigenvalue weighted by Crippen LogP contribution is 2.26. The lowest BCUT2D eigenvalue weighted by Gasteiger charge is -2.30. The Balaban J connectivity index is 2.47. The first-order valence-corrected chi connectivity index (χ1v) is 5.71. The lowest BCUT2D eigenvalue weighted by atomic mass is 10.0. The Morgan fingerprint density at radius 2 is 2.00 bits per heavy atom. The van der Waals surface area contributed by atoms with Crippen LogP contribution in [0.25, 0.3) is 0 Å². The van der Waals surface area contributed by atoms with Crippen molar-refractivity contribution in [2.75, 3.05) is 4.90 Å². The van der Waals surface area contributed by atoms with Gasteiger partial charge in [-0.25, -0.2) is 4.90 Å². The molecule has 4 heteroatoms. The van der Waals surface area contributed by atoms with Gasteiger partial charge in [-0.05, 0) is 37.5 Å². The minimum atomic E-state index is -0.562. The van der Waals surface area contributed by atoms with Crippen molar-refractivity contribution in [3.63, 3.8) is 0 Å². The number of aryl methyl sites for hydroxylation is 1. The molecule has 1 aliphatic heterocycles. The summed E-state index contributed by atoms with van der Waals surface area (Å²) in [5.74, 6) is -0.458. The zero-order chi connectivity index (χ0) is 12.6. The molecule has 1 saturated heterocycles. The monoisotopic (exact) mass is 232 g/mol. The molecular weight excluding hydrogens is 216 g/mol. The molecule has 1 heterocycles. The number of nitrogens with zero attached hydrogens (tertiary/aromatic N) is 1. The summed E-state index contributed by atoms with van der Waals surface area (Å²) in [6.45, 7) is 3.86. The van der Waals surface area contributed by atoms with Gasteiger partial charge in [0.05, 0.1) is 11.7 Å². The summed E-state index contributed by atoms with van der Waals surface area (Å²) in [6, 6.07) is 5.03. The van der Waals surface area contributed by atoms with Gasteiger partial charge in [-0.1, -0.05) is 12.1 Å². The van der Waals surface area contributed by atoms with E-state index in [9.17, 15) is 9.59 Å². The molecule has 1 atom stereocenters. The highest BCUT2D eigenvalue weighted by atomic mass is 16.2. The molecule has 0 spiro atoms. The first kappa shape index (κ1) is 11.8. The summed E-state index contributed by atoms with van der Waals surface area (Å²) in [6.07, 6.45) is 0.777. The number of hydrogen-bond acceptors (Lipinski definition) is 3. The number of imide groups is 1.